The number of para-hydroxylation sites is 1. The van der Waals surface area contributed by atoms with Gasteiger partial charge in [-0.1, -0.05) is 36.4 Å². The van der Waals surface area contributed by atoms with Crippen molar-refractivity contribution in [3.8, 4) is 0 Å². The van der Waals surface area contributed by atoms with Crippen LogP contribution < -0.4 is 0 Å². The number of fused-ring (bicyclic) bond motifs is 4. The van der Waals surface area contributed by atoms with E-state index in [-0.39, 0.29) is 11.1 Å². The number of hydrogen-bond donors (Lipinski definition) is 1. The lowest BCUT2D eigenvalue weighted by molar-refractivity contribution is -0.106. The molecule has 1 aliphatic carbocycles. The summed E-state index contributed by atoms with van der Waals surface area (Å²) < 4.78 is 6.52. The second-order valence-corrected chi connectivity index (χ2v) is 8.29. The van der Waals surface area contributed by atoms with Gasteiger partial charge in [-0.05, 0) is 77.2 Å². The Balaban J connectivity index is 1.72. The van der Waals surface area contributed by atoms with E-state index in [1.807, 2.05) is 0 Å². The van der Waals surface area contributed by atoms with Crippen molar-refractivity contribution in [2.45, 2.75) is 57.1 Å². The molecule has 0 saturated heterocycles. The number of hydrogen-bond acceptors (Lipinski definition) is 2. The molecule has 0 amide bonds. The van der Waals surface area contributed by atoms with Crippen LogP contribution in [0, 0.1) is 0 Å². The maximum Gasteiger partial charge on any atom is 0.108 e. The van der Waals surface area contributed by atoms with E-state index >= 15 is 0 Å². The monoisotopic (exact) mass is 364 g/mol. The summed E-state index contributed by atoms with van der Waals surface area (Å²) in [6.07, 6.45) is 12.1. The van der Waals surface area contributed by atoms with Crippen molar-refractivity contribution in [1.82, 2.24) is 9.88 Å². The summed E-state index contributed by atoms with van der Waals surface area (Å²) in [7, 11) is 4.45. The standard InChI is InChI=1S/C24H32N2O/c1-5-9-18(6-2)23(26(3)4)13-15-24(16-14-23)22-20(12-17-27-24)19-10-7-8-11-21(19)25-22/h5-11,25H,12-17H2,1-4H3/b9-5-,18-6+. The average Bonchev–Trinajstić information content (AvgIpc) is 3.07. The molecule has 2 aromatic rings. The first-order valence-corrected chi connectivity index (χ1v) is 10.3. The van der Waals surface area contributed by atoms with Gasteiger partial charge in [0.1, 0.15) is 5.60 Å². The molecule has 3 nitrogen and oxygen atoms in total. The van der Waals surface area contributed by atoms with E-state index in [0.717, 1.165) is 38.7 Å². The molecule has 1 fully saturated rings. The van der Waals surface area contributed by atoms with E-state index in [4.69, 9.17) is 4.74 Å². The van der Waals surface area contributed by atoms with Crippen molar-refractivity contribution in [3.05, 3.63) is 59.3 Å². The van der Waals surface area contributed by atoms with Crippen LogP contribution >= 0.6 is 0 Å². The molecule has 144 valence electrons. The van der Waals surface area contributed by atoms with Gasteiger partial charge in [0.25, 0.3) is 0 Å². The van der Waals surface area contributed by atoms with Crippen LogP contribution in [0.1, 0.15) is 50.8 Å². The molecule has 3 heteroatoms. The lowest BCUT2D eigenvalue weighted by Crippen LogP contribution is -2.52. The van der Waals surface area contributed by atoms with E-state index in [9.17, 15) is 0 Å². The summed E-state index contributed by atoms with van der Waals surface area (Å²) in [6.45, 7) is 5.10. The SMILES string of the molecule is C/C=C\C(=C/C)C1(N(C)C)CCC2(CC1)OCCc1c2[nH]c2ccccc12. The second-order valence-electron chi connectivity index (χ2n) is 8.29. The van der Waals surface area contributed by atoms with Crippen LogP contribution in [0.4, 0.5) is 0 Å². The number of ether oxygens (including phenoxy) is 1. The fourth-order valence-corrected chi connectivity index (χ4v) is 5.42. The van der Waals surface area contributed by atoms with Crippen molar-refractivity contribution < 1.29 is 4.74 Å². The van der Waals surface area contributed by atoms with Gasteiger partial charge in [0.15, 0.2) is 0 Å². The maximum absolute atomic E-state index is 6.52. The molecular formula is C24H32N2O. The fraction of sp³-hybridized carbons (Fsp3) is 0.500. The lowest BCUT2D eigenvalue weighted by Gasteiger charge is -2.51. The number of rotatable bonds is 3. The van der Waals surface area contributed by atoms with Crippen LogP contribution in [-0.2, 0) is 16.8 Å². The summed E-state index contributed by atoms with van der Waals surface area (Å²) in [5, 5.41) is 1.38. The van der Waals surface area contributed by atoms with Crippen LogP contribution in [-0.4, -0.2) is 36.1 Å². The highest BCUT2D eigenvalue weighted by atomic mass is 16.5. The molecule has 0 atom stereocenters. The number of H-pyrrole nitrogens is 1. The minimum atomic E-state index is -0.152. The Morgan fingerprint density at radius 2 is 1.85 bits per heavy atom. The van der Waals surface area contributed by atoms with E-state index in [0.29, 0.717) is 0 Å². The third kappa shape index (κ3) is 2.79. The van der Waals surface area contributed by atoms with Crippen LogP contribution in [0.15, 0.2) is 48.1 Å². The van der Waals surface area contributed by atoms with Gasteiger partial charge in [-0.2, -0.15) is 0 Å². The smallest absolute Gasteiger partial charge is 0.108 e. The van der Waals surface area contributed by atoms with Gasteiger partial charge in [-0.25, -0.2) is 0 Å². The molecule has 0 bridgehead atoms. The predicted molar refractivity (Wildman–Crippen MR) is 113 cm³/mol. The summed E-state index contributed by atoms with van der Waals surface area (Å²) >= 11 is 0. The Hall–Kier alpha value is -1.84. The highest BCUT2D eigenvalue weighted by molar-refractivity contribution is 5.85. The van der Waals surface area contributed by atoms with E-state index in [2.05, 4.69) is 80.3 Å². The van der Waals surface area contributed by atoms with Crippen molar-refractivity contribution in [2.24, 2.45) is 0 Å². The fourth-order valence-electron chi connectivity index (χ4n) is 5.42. The Kier molecular flexibility index (Phi) is 4.77. The molecule has 0 radical (unpaired) electrons. The molecule has 1 aromatic heterocycles. The third-order valence-corrected chi connectivity index (χ3v) is 6.94. The minimum Gasteiger partial charge on any atom is -0.368 e. The van der Waals surface area contributed by atoms with E-state index in [1.54, 1.807) is 0 Å². The molecule has 2 heterocycles. The largest absolute Gasteiger partial charge is 0.368 e. The minimum absolute atomic E-state index is 0.0967. The first kappa shape index (κ1) is 18.5. The first-order chi connectivity index (χ1) is 13.1. The summed E-state index contributed by atoms with van der Waals surface area (Å²) in [5.74, 6) is 0. The Bertz CT molecular complexity index is 879. The summed E-state index contributed by atoms with van der Waals surface area (Å²) in [5.41, 5.74) is 5.45. The highest BCUT2D eigenvalue weighted by Crippen LogP contribution is 2.51. The van der Waals surface area contributed by atoms with Crippen molar-refractivity contribution >= 4 is 10.9 Å². The van der Waals surface area contributed by atoms with Crippen LogP contribution in [0.2, 0.25) is 0 Å². The van der Waals surface area contributed by atoms with Crippen molar-refractivity contribution in [2.75, 3.05) is 20.7 Å². The second kappa shape index (κ2) is 6.96. The molecule has 1 aliphatic heterocycles. The van der Waals surface area contributed by atoms with Gasteiger partial charge in [0.05, 0.1) is 12.3 Å². The molecule has 27 heavy (non-hydrogen) atoms. The number of nitrogens with zero attached hydrogens (tertiary/aromatic N) is 1. The molecule has 4 rings (SSSR count). The molecular weight excluding hydrogens is 332 g/mol. The maximum atomic E-state index is 6.52. The van der Waals surface area contributed by atoms with E-state index in [1.165, 1.54) is 27.7 Å². The molecule has 1 N–H and O–H groups in total. The van der Waals surface area contributed by atoms with E-state index < -0.39 is 0 Å². The van der Waals surface area contributed by atoms with Gasteiger partial charge in [-0.15, -0.1) is 0 Å². The number of benzene rings is 1. The third-order valence-electron chi connectivity index (χ3n) is 6.94. The number of likely N-dealkylation sites (N-methyl/N-ethyl adjacent to an activating group) is 1. The highest BCUT2D eigenvalue weighted by Gasteiger charge is 2.49. The van der Waals surface area contributed by atoms with Crippen molar-refractivity contribution in [1.29, 1.82) is 0 Å². The summed E-state index contributed by atoms with van der Waals surface area (Å²) in [4.78, 5) is 6.16. The Morgan fingerprint density at radius 1 is 1.11 bits per heavy atom. The molecule has 0 unspecified atom stereocenters. The zero-order valence-electron chi connectivity index (χ0n) is 17.1. The number of aromatic nitrogens is 1. The quantitative estimate of drug-likeness (QED) is 0.745. The lowest BCUT2D eigenvalue weighted by atomic mass is 9.67. The topological polar surface area (TPSA) is 28.3 Å². The molecule has 1 spiro atoms. The molecule has 1 saturated carbocycles. The Labute approximate surface area is 163 Å². The van der Waals surface area contributed by atoms with Gasteiger partial charge in [0.2, 0.25) is 0 Å². The first-order valence-electron chi connectivity index (χ1n) is 10.3. The number of aromatic amines is 1. The van der Waals surface area contributed by atoms with Gasteiger partial charge < -0.3 is 9.72 Å². The van der Waals surface area contributed by atoms with Gasteiger partial charge >= 0.3 is 0 Å². The zero-order chi connectivity index (χ0) is 19.1. The Morgan fingerprint density at radius 3 is 2.52 bits per heavy atom. The van der Waals surface area contributed by atoms with Crippen LogP contribution in [0.3, 0.4) is 0 Å². The van der Waals surface area contributed by atoms with Crippen LogP contribution in [0.25, 0.3) is 10.9 Å². The normalized spacial score (nSPS) is 29.1. The van der Waals surface area contributed by atoms with Gasteiger partial charge in [-0.3, -0.25) is 4.90 Å². The number of nitrogens with one attached hydrogen (secondary N) is 1. The average molecular weight is 365 g/mol. The molecule has 2 aliphatic rings. The predicted octanol–water partition coefficient (Wildman–Crippen LogP) is 5.33. The number of allylic oxidation sites excluding steroid dienone is 2. The van der Waals surface area contributed by atoms with Crippen LogP contribution in [0.5, 0.6) is 0 Å². The van der Waals surface area contributed by atoms with Crippen molar-refractivity contribution in [3.63, 3.8) is 0 Å². The summed E-state index contributed by atoms with van der Waals surface area (Å²) in [6, 6.07) is 8.70. The molecule has 1 aromatic carbocycles. The van der Waals surface area contributed by atoms with Gasteiger partial charge in [0, 0.05) is 16.4 Å². The zero-order valence-corrected chi connectivity index (χ0v) is 17.1.